The van der Waals surface area contributed by atoms with Crippen LogP contribution in [0.3, 0.4) is 0 Å². The minimum atomic E-state index is 0.713. The molecule has 118 valence electrons. The molecule has 0 spiro atoms. The molecule has 0 amide bonds. The van der Waals surface area contributed by atoms with Gasteiger partial charge >= 0.3 is 0 Å². The highest BCUT2D eigenvalue weighted by atomic mass is 16.5. The zero-order chi connectivity index (χ0) is 15.1. The first-order chi connectivity index (χ1) is 10.2. The summed E-state index contributed by atoms with van der Waals surface area (Å²) in [5.41, 5.74) is 2.54. The summed E-state index contributed by atoms with van der Waals surface area (Å²) in [5, 5.41) is 3.51. The summed E-state index contributed by atoms with van der Waals surface area (Å²) in [5.74, 6) is 1.01. The zero-order valence-electron chi connectivity index (χ0n) is 13.8. The molecule has 2 rings (SSSR count). The minimum absolute atomic E-state index is 0.713. The molecule has 3 nitrogen and oxygen atoms in total. The van der Waals surface area contributed by atoms with E-state index in [1.807, 2.05) is 0 Å². The molecule has 21 heavy (non-hydrogen) atoms. The van der Waals surface area contributed by atoms with Gasteiger partial charge in [-0.15, -0.1) is 0 Å². The Balaban J connectivity index is 1.72. The van der Waals surface area contributed by atoms with Crippen LogP contribution >= 0.6 is 0 Å². The monoisotopic (exact) mass is 290 g/mol. The molecule has 1 aromatic rings. The molecule has 0 aliphatic carbocycles. The quantitative estimate of drug-likeness (QED) is 0.781. The molecule has 1 unspecified atom stereocenters. The van der Waals surface area contributed by atoms with Crippen molar-refractivity contribution in [3.63, 3.8) is 0 Å². The van der Waals surface area contributed by atoms with E-state index < -0.39 is 0 Å². The predicted octanol–water partition coefficient (Wildman–Crippen LogP) is 3.15. The van der Waals surface area contributed by atoms with Gasteiger partial charge in [0.2, 0.25) is 0 Å². The molecule has 0 bridgehead atoms. The molecule has 0 saturated carbocycles. The van der Waals surface area contributed by atoms with Gasteiger partial charge in [-0.1, -0.05) is 13.0 Å². The highest BCUT2D eigenvalue weighted by molar-refractivity contribution is 5.32. The number of ether oxygens (including phenoxy) is 1. The molecule has 1 atom stereocenters. The average Bonchev–Trinajstić information content (AvgIpc) is 2.47. The number of hydrogen-bond donors (Lipinski definition) is 1. The number of nitrogens with zero attached hydrogens (tertiary/aromatic N) is 1. The molecular weight excluding hydrogens is 260 g/mol. The van der Waals surface area contributed by atoms with Crippen molar-refractivity contribution < 1.29 is 4.74 Å². The van der Waals surface area contributed by atoms with Crippen LogP contribution in [0.25, 0.3) is 0 Å². The van der Waals surface area contributed by atoms with E-state index in [1.165, 1.54) is 30.5 Å². The van der Waals surface area contributed by atoms with Crippen molar-refractivity contribution in [2.75, 3.05) is 32.8 Å². The molecule has 1 fully saturated rings. The van der Waals surface area contributed by atoms with E-state index in [-0.39, 0.29) is 0 Å². The maximum absolute atomic E-state index is 5.91. The molecule has 1 aromatic carbocycles. The second kappa shape index (κ2) is 8.40. The normalized spacial score (nSPS) is 19.0. The van der Waals surface area contributed by atoms with E-state index in [1.54, 1.807) is 0 Å². The van der Waals surface area contributed by atoms with Crippen LogP contribution in [0.15, 0.2) is 18.2 Å². The van der Waals surface area contributed by atoms with Gasteiger partial charge in [-0.2, -0.15) is 0 Å². The first-order valence-electron chi connectivity index (χ1n) is 8.35. The summed E-state index contributed by atoms with van der Waals surface area (Å²) in [6, 6.07) is 7.14. The number of hydrogen-bond acceptors (Lipinski definition) is 3. The molecule has 1 N–H and O–H groups in total. The Labute approximate surface area is 129 Å². The summed E-state index contributed by atoms with van der Waals surface area (Å²) in [6.45, 7) is 11.9. The summed E-state index contributed by atoms with van der Waals surface area (Å²) < 4.78 is 5.91. The standard InChI is InChI=1S/C18H30N2O/c1-4-20(17-7-5-8-19-14-17)9-6-10-21-18-12-15(2)11-16(3)13-18/h11-13,17,19H,4-10,14H2,1-3H3. The molecule has 0 aromatic heterocycles. The van der Waals surface area contributed by atoms with Crippen LogP contribution in [0.5, 0.6) is 5.75 Å². The van der Waals surface area contributed by atoms with Crippen molar-refractivity contribution in [1.29, 1.82) is 0 Å². The topological polar surface area (TPSA) is 24.5 Å². The molecule has 0 radical (unpaired) electrons. The molecular formula is C18H30N2O. The molecule has 1 heterocycles. The van der Waals surface area contributed by atoms with Crippen LogP contribution in [0, 0.1) is 13.8 Å². The Morgan fingerprint density at radius 2 is 2.00 bits per heavy atom. The lowest BCUT2D eigenvalue weighted by Gasteiger charge is -2.33. The van der Waals surface area contributed by atoms with Crippen LogP contribution < -0.4 is 10.1 Å². The highest BCUT2D eigenvalue weighted by Crippen LogP contribution is 2.16. The van der Waals surface area contributed by atoms with Gasteiger partial charge in [0, 0.05) is 19.1 Å². The third kappa shape index (κ3) is 5.33. The van der Waals surface area contributed by atoms with E-state index in [0.717, 1.165) is 38.4 Å². The van der Waals surface area contributed by atoms with Crippen LogP contribution in [0.2, 0.25) is 0 Å². The third-order valence-corrected chi connectivity index (χ3v) is 4.25. The summed E-state index contributed by atoms with van der Waals surface area (Å²) in [4.78, 5) is 2.59. The van der Waals surface area contributed by atoms with E-state index >= 15 is 0 Å². The van der Waals surface area contributed by atoms with Gasteiger partial charge in [0.25, 0.3) is 0 Å². The second-order valence-corrected chi connectivity index (χ2v) is 6.15. The Morgan fingerprint density at radius 1 is 1.24 bits per heavy atom. The first kappa shape index (κ1) is 16.3. The Bertz CT molecular complexity index is 407. The van der Waals surface area contributed by atoms with Gasteiger partial charge in [-0.05, 0) is 69.5 Å². The third-order valence-electron chi connectivity index (χ3n) is 4.25. The van der Waals surface area contributed by atoms with Crippen LogP contribution in [-0.2, 0) is 0 Å². The number of rotatable bonds is 7. The lowest BCUT2D eigenvalue weighted by atomic mass is 10.1. The van der Waals surface area contributed by atoms with Crippen molar-refractivity contribution in [3.05, 3.63) is 29.3 Å². The molecule has 1 aliphatic heterocycles. The van der Waals surface area contributed by atoms with Gasteiger partial charge in [-0.3, -0.25) is 4.90 Å². The smallest absolute Gasteiger partial charge is 0.119 e. The number of aryl methyl sites for hydroxylation is 2. The zero-order valence-corrected chi connectivity index (χ0v) is 13.8. The number of piperidine rings is 1. The fourth-order valence-corrected chi connectivity index (χ4v) is 3.22. The maximum atomic E-state index is 5.91. The Hall–Kier alpha value is -1.06. The van der Waals surface area contributed by atoms with Gasteiger partial charge in [0.1, 0.15) is 5.75 Å². The highest BCUT2D eigenvalue weighted by Gasteiger charge is 2.18. The van der Waals surface area contributed by atoms with Gasteiger partial charge in [-0.25, -0.2) is 0 Å². The predicted molar refractivity (Wildman–Crippen MR) is 89.2 cm³/mol. The molecule has 1 aliphatic rings. The van der Waals surface area contributed by atoms with E-state index in [0.29, 0.717) is 6.04 Å². The van der Waals surface area contributed by atoms with Gasteiger partial charge < -0.3 is 10.1 Å². The van der Waals surface area contributed by atoms with E-state index in [4.69, 9.17) is 4.74 Å². The number of benzene rings is 1. The SMILES string of the molecule is CCN(CCCOc1cc(C)cc(C)c1)C1CCCNC1. The van der Waals surface area contributed by atoms with Crippen LogP contribution in [-0.4, -0.2) is 43.7 Å². The molecule has 3 heteroatoms. The second-order valence-electron chi connectivity index (χ2n) is 6.15. The summed E-state index contributed by atoms with van der Waals surface area (Å²) in [7, 11) is 0. The molecule has 1 saturated heterocycles. The fourth-order valence-electron chi connectivity index (χ4n) is 3.22. The maximum Gasteiger partial charge on any atom is 0.119 e. The van der Waals surface area contributed by atoms with Crippen molar-refractivity contribution in [2.45, 2.75) is 46.1 Å². The van der Waals surface area contributed by atoms with Crippen molar-refractivity contribution in [1.82, 2.24) is 10.2 Å². The van der Waals surface area contributed by atoms with Gasteiger partial charge in [0.15, 0.2) is 0 Å². The minimum Gasteiger partial charge on any atom is -0.494 e. The fraction of sp³-hybridized carbons (Fsp3) is 0.667. The number of nitrogens with one attached hydrogen (secondary N) is 1. The van der Waals surface area contributed by atoms with Gasteiger partial charge in [0.05, 0.1) is 6.61 Å². The largest absolute Gasteiger partial charge is 0.494 e. The number of likely N-dealkylation sites (N-methyl/N-ethyl adjacent to an activating group) is 1. The Kier molecular flexibility index (Phi) is 6.52. The first-order valence-corrected chi connectivity index (χ1v) is 8.35. The lowest BCUT2D eigenvalue weighted by molar-refractivity contribution is 0.160. The van der Waals surface area contributed by atoms with Crippen molar-refractivity contribution in [2.24, 2.45) is 0 Å². The Morgan fingerprint density at radius 3 is 2.62 bits per heavy atom. The van der Waals surface area contributed by atoms with Crippen molar-refractivity contribution in [3.8, 4) is 5.75 Å². The van der Waals surface area contributed by atoms with E-state index in [9.17, 15) is 0 Å². The average molecular weight is 290 g/mol. The van der Waals surface area contributed by atoms with Crippen LogP contribution in [0.4, 0.5) is 0 Å². The lowest BCUT2D eigenvalue weighted by Crippen LogP contribution is -2.46. The summed E-state index contributed by atoms with van der Waals surface area (Å²) >= 11 is 0. The van der Waals surface area contributed by atoms with E-state index in [2.05, 4.69) is 49.2 Å². The van der Waals surface area contributed by atoms with Crippen molar-refractivity contribution >= 4 is 0 Å². The summed E-state index contributed by atoms with van der Waals surface area (Å²) in [6.07, 6.45) is 3.73. The van der Waals surface area contributed by atoms with Crippen LogP contribution in [0.1, 0.15) is 37.3 Å².